The second-order valence-corrected chi connectivity index (χ2v) is 5.93. The summed E-state index contributed by atoms with van der Waals surface area (Å²) in [7, 11) is 0. The molecule has 3 rings (SSSR count). The number of non-ortho nitro benzene ring substituents is 1. The van der Waals surface area contributed by atoms with Gasteiger partial charge in [-0.3, -0.25) is 15.1 Å². The molecule has 0 aliphatic heterocycles. The minimum absolute atomic E-state index is 0.101. The van der Waals surface area contributed by atoms with Crippen molar-refractivity contribution in [3.8, 4) is 0 Å². The molecule has 104 valence electrons. The molecule has 0 radical (unpaired) electrons. The second-order valence-electron chi connectivity index (χ2n) is 5.93. The van der Waals surface area contributed by atoms with Crippen LogP contribution < -0.4 is 5.32 Å². The van der Waals surface area contributed by atoms with Gasteiger partial charge in [-0.05, 0) is 37.3 Å². The van der Waals surface area contributed by atoms with Gasteiger partial charge >= 0.3 is 0 Å². The van der Waals surface area contributed by atoms with Crippen LogP contribution in [0.2, 0.25) is 0 Å². The molecular formula is C15H17N3O2. The van der Waals surface area contributed by atoms with E-state index in [1.807, 2.05) is 13.0 Å². The monoisotopic (exact) mass is 271 g/mol. The van der Waals surface area contributed by atoms with E-state index in [9.17, 15) is 10.1 Å². The van der Waals surface area contributed by atoms with Crippen molar-refractivity contribution in [3.05, 3.63) is 40.1 Å². The Morgan fingerprint density at radius 2 is 2.15 bits per heavy atom. The van der Waals surface area contributed by atoms with Gasteiger partial charge in [-0.1, -0.05) is 6.92 Å². The number of pyridine rings is 1. The van der Waals surface area contributed by atoms with E-state index in [0.29, 0.717) is 5.41 Å². The normalized spacial score (nSPS) is 16.1. The highest BCUT2D eigenvalue weighted by Crippen LogP contribution is 2.45. The summed E-state index contributed by atoms with van der Waals surface area (Å²) < 4.78 is 0. The number of nitrogens with one attached hydrogen (secondary N) is 1. The molecule has 0 spiro atoms. The smallest absolute Gasteiger partial charge is 0.270 e. The van der Waals surface area contributed by atoms with Gasteiger partial charge in [0.1, 0.15) is 0 Å². The molecule has 0 atom stereocenters. The molecule has 1 aliphatic carbocycles. The van der Waals surface area contributed by atoms with Gasteiger partial charge in [-0.25, -0.2) is 0 Å². The molecule has 1 N–H and O–H groups in total. The molecule has 0 amide bonds. The molecule has 5 nitrogen and oxygen atoms in total. The van der Waals surface area contributed by atoms with Gasteiger partial charge in [0.05, 0.1) is 10.4 Å². The first-order valence-electron chi connectivity index (χ1n) is 6.77. The standard InChI is InChI=1S/C15H17N3O2/c1-10-7-14(16-9-15(2)5-6-15)12-8-11(18(19)20)3-4-13(12)17-10/h3-4,7-8H,5-6,9H2,1-2H3,(H,16,17). The Kier molecular flexibility index (Phi) is 2.85. The maximum Gasteiger partial charge on any atom is 0.270 e. The SMILES string of the molecule is Cc1cc(NCC2(C)CC2)c2cc([N+](=O)[O-])ccc2n1. The largest absolute Gasteiger partial charge is 0.384 e. The lowest BCUT2D eigenvalue weighted by Gasteiger charge is -2.14. The highest BCUT2D eigenvalue weighted by atomic mass is 16.6. The lowest BCUT2D eigenvalue weighted by Crippen LogP contribution is -2.12. The number of hydrogen-bond acceptors (Lipinski definition) is 4. The van der Waals surface area contributed by atoms with Gasteiger partial charge < -0.3 is 5.32 Å². The predicted octanol–water partition coefficient (Wildman–Crippen LogP) is 3.66. The first-order valence-corrected chi connectivity index (χ1v) is 6.77. The zero-order chi connectivity index (χ0) is 14.3. The van der Waals surface area contributed by atoms with Gasteiger partial charge in [0, 0.05) is 35.4 Å². The van der Waals surface area contributed by atoms with Crippen LogP contribution in [0.25, 0.3) is 10.9 Å². The fourth-order valence-corrected chi connectivity index (χ4v) is 2.30. The van der Waals surface area contributed by atoms with Crippen LogP contribution in [-0.2, 0) is 0 Å². The molecule has 1 aromatic carbocycles. The molecule has 2 aromatic rings. The molecule has 0 bridgehead atoms. The Labute approximate surface area is 117 Å². The third kappa shape index (κ3) is 2.43. The molecule has 1 saturated carbocycles. The highest BCUT2D eigenvalue weighted by Gasteiger charge is 2.36. The van der Waals surface area contributed by atoms with Crippen LogP contribution in [-0.4, -0.2) is 16.5 Å². The average Bonchev–Trinajstić information content (AvgIpc) is 3.13. The second kappa shape index (κ2) is 4.44. The molecule has 0 saturated heterocycles. The van der Waals surface area contributed by atoms with Crippen LogP contribution in [0.4, 0.5) is 11.4 Å². The lowest BCUT2D eigenvalue weighted by atomic mass is 10.1. The third-order valence-corrected chi connectivity index (χ3v) is 3.94. The molecule has 1 aliphatic rings. The van der Waals surface area contributed by atoms with E-state index in [4.69, 9.17) is 0 Å². The Morgan fingerprint density at radius 1 is 1.40 bits per heavy atom. The van der Waals surface area contributed by atoms with E-state index in [1.54, 1.807) is 12.1 Å². The van der Waals surface area contributed by atoms with Crippen molar-refractivity contribution < 1.29 is 4.92 Å². The number of nitro benzene ring substituents is 1. The Balaban J connectivity index is 2.02. The van der Waals surface area contributed by atoms with Crippen LogP contribution >= 0.6 is 0 Å². The van der Waals surface area contributed by atoms with Gasteiger partial charge in [-0.15, -0.1) is 0 Å². The summed E-state index contributed by atoms with van der Waals surface area (Å²) in [5.41, 5.74) is 3.12. The zero-order valence-electron chi connectivity index (χ0n) is 11.6. The number of fused-ring (bicyclic) bond motifs is 1. The minimum Gasteiger partial charge on any atom is -0.384 e. The van der Waals surface area contributed by atoms with Crippen LogP contribution in [0.3, 0.4) is 0 Å². The third-order valence-electron chi connectivity index (χ3n) is 3.94. The molecule has 20 heavy (non-hydrogen) atoms. The van der Waals surface area contributed by atoms with E-state index in [1.165, 1.54) is 18.9 Å². The summed E-state index contributed by atoms with van der Waals surface area (Å²) >= 11 is 0. The van der Waals surface area contributed by atoms with Gasteiger partial charge in [0.15, 0.2) is 0 Å². The minimum atomic E-state index is -0.370. The molecule has 1 fully saturated rings. The average molecular weight is 271 g/mol. The zero-order valence-corrected chi connectivity index (χ0v) is 11.6. The van der Waals surface area contributed by atoms with E-state index in [2.05, 4.69) is 17.2 Å². The first kappa shape index (κ1) is 12.8. The molecule has 0 unspecified atom stereocenters. The summed E-state index contributed by atoms with van der Waals surface area (Å²) in [6, 6.07) is 6.77. The van der Waals surface area contributed by atoms with Gasteiger partial charge in [-0.2, -0.15) is 0 Å². The van der Waals surface area contributed by atoms with E-state index < -0.39 is 0 Å². The van der Waals surface area contributed by atoms with Crippen molar-refractivity contribution in [3.63, 3.8) is 0 Å². The van der Waals surface area contributed by atoms with Crippen LogP contribution in [0.5, 0.6) is 0 Å². The maximum absolute atomic E-state index is 10.9. The Hall–Kier alpha value is -2.17. The molecule has 5 heteroatoms. The lowest BCUT2D eigenvalue weighted by molar-refractivity contribution is -0.384. The van der Waals surface area contributed by atoms with E-state index in [0.717, 1.165) is 28.8 Å². The van der Waals surface area contributed by atoms with Crippen LogP contribution in [0.15, 0.2) is 24.3 Å². The van der Waals surface area contributed by atoms with Gasteiger partial charge in [0.2, 0.25) is 0 Å². The summed E-state index contributed by atoms with van der Waals surface area (Å²) in [4.78, 5) is 15.0. The number of anilines is 1. The number of benzene rings is 1. The topological polar surface area (TPSA) is 68.1 Å². The molecule has 1 aromatic heterocycles. The first-order chi connectivity index (χ1) is 9.47. The summed E-state index contributed by atoms with van der Waals surface area (Å²) in [6.07, 6.45) is 2.48. The van der Waals surface area contributed by atoms with Crippen molar-refractivity contribution >= 4 is 22.3 Å². The number of rotatable bonds is 4. The fourth-order valence-electron chi connectivity index (χ4n) is 2.30. The Morgan fingerprint density at radius 3 is 2.80 bits per heavy atom. The number of aryl methyl sites for hydroxylation is 1. The van der Waals surface area contributed by atoms with Crippen molar-refractivity contribution in [2.45, 2.75) is 26.7 Å². The number of nitrogens with zero attached hydrogens (tertiary/aromatic N) is 2. The van der Waals surface area contributed by atoms with E-state index in [-0.39, 0.29) is 10.6 Å². The summed E-state index contributed by atoms with van der Waals surface area (Å²) in [5.74, 6) is 0. The van der Waals surface area contributed by atoms with Gasteiger partial charge in [0.25, 0.3) is 5.69 Å². The highest BCUT2D eigenvalue weighted by molar-refractivity contribution is 5.93. The van der Waals surface area contributed by atoms with Crippen molar-refractivity contribution in [2.24, 2.45) is 5.41 Å². The van der Waals surface area contributed by atoms with E-state index >= 15 is 0 Å². The molecule has 1 heterocycles. The fraction of sp³-hybridized carbons (Fsp3) is 0.400. The maximum atomic E-state index is 10.9. The number of hydrogen-bond donors (Lipinski definition) is 1. The predicted molar refractivity (Wildman–Crippen MR) is 79.0 cm³/mol. The Bertz CT molecular complexity index is 693. The van der Waals surface area contributed by atoms with Crippen molar-refractivity contribution in [1.82, 2.24) is 4.98 Å². The quantitative estimate of drug-likeness (QED) is 0.680. The van der Waals surface area contributed by atoms with Crippen molar-refractivity contribution in [2.75, 3.05) is 11.9 Å². The molecular weight excluding hydrogens is 254 g/mol. The van der Waals surface area contributed by atoms with Crippen molar-refractivity contribution in [1.29, 1.82) is 0 Å². The summed E-state index contributed by atoms with van der Waals surface area (Å²) in [5, 5.41) is 15.2. The van der Waals surface area contributed by atoms with Crippen LogP contribution in [0, 0.1) is 22.5 Å². The number of nitro groups is 1. The van der Waals surface area contributed by atoms with Crippen LogP contribution in [0.1, 0.15) is 25.5 Å². The number of aromatic nitrogens is 1. The summed E-state index contributed by atoms with van der Waals surface area (Å²) in [6.45, 7) is 5.08.